The largest absolute Gasteiger partial charge is 0.482 e. The molecule has 0 fully saturated rings. The Kier molecular flexibility index (Phi) is 5.11. The molecule has 2 N–H and O–H groups in total. The highest BCUT2D eigenvalue weighted by Gasteiger charge is 2.13. The number of thiazole rings is 1. The van der Waals surface area contributed by atoms with Gasteiger partial charge in [0.25, 0.3) is 5.91 Å². The number of hydrogen-bond acceptors (Lipinski definition) is 5. The predicted octanol–water partition coefficient (Wildman–Crippen LogP) is 2.98. The Hall–Kier alpha value is -2.41. The molecule has 0 saturated carbocycles. The molecule has 2 rings (SSSR count). The smallest absolute Gasteiger partial charge is 0.341 e. The van der Waals surface area contributed by atoms with Crippen LogP contribution >= 0.6 is 11.3 Å². The molecule has 1 aromatic carbocycles. The van der Waals surface area contributed by atoms with E-state index in [0.29, 0.717) is 16.3 Å². The Balaban J connectivity index is 2.04. The van der Waals surface area contributed by atoms with Crippen LogP contribution in [0.3, 0.4) is 0 Å². The number of carboxylic acids is 1. The predicted molar refractivity (Wildman–Crippen MR) is 83.7 cm³/mol. The molecule has 0 bridgehead atoms. The summed E-state index contributed by atoms with van der Waals surface area (Å²) in [4.78, 5) is 27.4. The molecule has 116 valence electrons. The highest BCUT2D eigenvalue weighted by atomic mass is 32.1. The van der Waals surface area contributed by atoms with Gasteiger partial charge in [-0.05, 0) is 12.1 Å². The first-order valence-corrected chi connectivity index (χ1v) is 7.49. The molecule has 0 unspecified atom stereocenters. The van der Waals surface area contributed by atoms with Crippen LogP contribution in [0.1, 0.15) is 34.4 Å². The number of rotatable bonds is 6. The molecule has 0 aliphatic carbocycles. The summed E-state index contributed by atoms with van der Waals surface area (Å²) in [5.74, 6) is -0.647. The SMILES string of the molecule is CC(C)c1ncc(C(=O)Nc2cccc(OCC(=O)O)c2)s1. The van der Waals surface area contributed by atoms with Crippen LogP contribution in [0, 0.1) is 0 Å². The van der Waals surface area contributed by atoms with Gasteiger partial charge in [-0.15, -0.1) is 11.3 Å². The second kappa shape index (κ2) is 7.04. The lowest BCUT2D eigenvalue weighted by Crippen LogP contribution is -2.11. The molecular weight excluding hydrogens is 304 g/mol. The Bertz CT molecular complexity index is 682. The van der Waals surface area contributed by atoms with Crippen molar-refractivity contribution in [2.24, 2.45) is 0 Å². The maximum atomic E-state index is 12.2. The van der Waals surface area contributed by atoms with Gasteiger partial charge in [-0.2, -0.15) is 0 Å². The molecule has 7 heteroatoms. The van der Waals surface area contributed by atoms with E-state index in [4.69, 9.17) is 9.84 Å². The lowest BCUT2D eigenvalue weighted by molar-refractivity contribution is -0.139. The van der Waals surface area contributed by atoms with Gasteiger partial charge in [0.05, 0.1) is 11.2 Å². The van der Waals surface area contributed by atoms with Crippen molar-refractivity contribution in [3.63, 3.8) is 0 Å². The van der Waals surface area contributed by atoms with Gasteiger partial charge < -0.3 is 15.2 Å². The number of carbonyl (C=O) groups excluding carboxylic acids is 1. The molecule has 22 heavy (non-hydrogen) atoms. The van der Waals surface area contributed by atoms with Gasteiger partial charge in [-0.1, -0.05) is 19.9 Å². The maximum Gasteiger partial charge on any atom is 0.341 e. The minimum Gasteiger partial charge on any atom is -0.482 e. The molecule has 6 nitrogen and oxygen atoms in total. The molecule has 0 spiro atoms. The van der Waals surface area contributed by atoms with E-state index in [9.17, 15) is 9.59 Å². The third-order valence-electron chi connectivity index (χ3n) is 2.70. The number of aliphatic carboxylic acids is 1. The van der Waals surface area contributed by atoms with Gasteiger partial charge >= 0.3 is 5.97 Å². The summed E-state index contributed by atoms with van der Waals surface area (Å²) in [6.07, 6.45) is 1.56. The Labute approximate surface area is 131 Å². The zero-order valence-electron chi connectivity index (χ0n) is 12.2. The van der Waals surface area contributed by atoms with Gasteiger partial charge in [-0.25, -0.2) is 9.78 Å². The lowest BCUT2D eigenvalue weighted by Gasteiger charge is -2.07. The van der Waals surface area contributed by atoms with Crippen molar-refractivity contribution in [2.45, 2.75) is 19.8 Å². The first-order chi connectivity index (χ1) is 10.5. The number of nitrogens with zero attached hydrogens (tertiary/aromatic N) is 1. The van der Waals surface area contributed by atoms with Crippen molar-refractivity contribution in [2.75, 3.05) is 11.9 Å². The first-order valence-electron chi connectivity index (χ1n) is 6.67. The van der Waals surface area contributed by atoms with E-state index < -0.39 is 12.6 Å². The third-order valence-corrected chi connectivity index (χ3v) is 3.99. The normalized spacial score (nSPS) is 10.5. The summed E-state index contributed by atoms with van der Waals surface area (Å²) >= 11 is 1.35. The van der Waals surface area contributed by atoms with Crippen LogP contribution in [-0.4, -0.2) is 28.6 Å². The van der Waals surface area contributed by atoms with E-state index >= 15 is 0 Å². The first kappa shape index (κ1) is 16.0. The molecule has 0 aliphatic heterocycles. The zero-order valence-corrected chi connectivity index (χ0v) is 13.0. The van der Waals surface area contributed by atoms with E-state index in [1.807, 2.05) is 13.8 Å². The van der Waals surface area contributed by atoms with E-state index in [2.05, 4.69) is 10.3 Å². The molecular formula is C15H16N2O4S. The lowest BCUT2D eigenvalue weighted by atomic mass is 10.2. The number of hydrogen-bond donors (Lipinski definition) is 2. The zero-order chi connectivity index (χ0) is 16.1. The summed E-state index contributed by atoms with van der Waals surface area (Å²) in [5, 5.41) is 12.2. The maximum absolute atomic E-state index is 12.2. The van der Waals surface area contributed by atoms with Gasteiger partial charge in [0.1, 0.15) is 10.6 Å². The fourth-order valence-corrected chi connectivity index (χ4v) is 2.48. The van der Waals surface area contributed by atoms with Crippen molar-refractivity contribution in [3.05, 3.63) is 40.3 Å². The number of amides is 1. The summed E-state index contributed by atoms with van der Waals surface area (Å²) in [6.45, 7) is 3.61. The van der Waals surface area contributed by atoms with Crippen LogP contribution in [-0.2, 0) is 4.79 Å². The molecule has 0 saturated heterocycles. The van der Waals surface area contributed by atoms with Crippen LogP contribution in [0.5, 0.6) is 5.75 Å². The minimum atomic E-state index is -1.06. The second-order valence-electron chi connectivity index (χ2n) is 4.88. The average Bonchev–Trinajstić information content (AvgIpc) is 2.95. The topological polar surface area (TPSA) is 88.5 Å². The molecule has 2 aromatic rings. The van der Waals surface area contributed by atoms with Gasteiger partial charge in [0.15, 0.2) is 6.61 Å². The van der Waals surface area contributed by atoms with Crippen molar-refractivity contribution >= 4 is 28.9 Å². The number of carbonyl (C=O) groups is 2. The summed E-state index contributed by atoms with van der Waals surface area (Å²) in [6, 6.07) is 6.59. The highest BCUT2D eigenvalue weighted by Crippen LogP contribution is 2.23. The summed E-state index contributed by atoms with van der Waals surface area (Å²) < 4.78 is 5.07. The van der Waals surface area contributed by atoms with E-state index in [1.54, 1.807) is 30.5 Å². The van der Waals surface area contributed by atoms with Crippen molar-refractivity contribution in [3.8, 4) is 5.75 Å². The van der Waals surface area contributed by atoms with Crippen LogP contribution < -0.4 is 10.1 Å². The highest BCUT2D eigenvalue weighted by molar-refractivity contribution is 7.13. The third kappa shape index (κ3) is 4.29. The number of ether oxygens (including phenoxy) is 1. The Morgan fingerprint density at radius 2 is 2.18 bits per heavy atom. The average molecular weight is 320 g/mol. The molecule has 0 atom stereocenters. The molecule has 1 aromatic heterocycles. The molecule has 0 radical (unpaired) electrons. The molecule has 1 heterocycles. The number of benzene rings is 1. The second-order valence-corrected chi connectivity index (χ2v) is 5.94. The fourth-order valence-electron chi connectivity index (χ4n) is 1.66. The monoisotopic (exact) mass is 320 g/mol. The Morgan fingerprint density at radius 3 is 2.82 bits per heavy atom. The summed E-state index contributed by atoms with van der Waals surface area (Å²) in [7, 11) is 0. The molecule has 0 aliphatic rings. The van der Waals surface area contributed by atoms with Crippen molar-refractivity contribution in [1.29, 1.82) is 0 Å². The van der Waals surface area contributed by atoms with Crippen LogP contribution in [0.25, 0.3) is 0 Å². The van der Waals surface area contributed by atoms with E-state index in [1.165, 1.54) is 11.3 Å². The summed E-state index contributed by atoms with van der Waals surface area (Å²) in [5.41, 5.74) is 0.535. The number of nitrogens with one attached hydrogen (secondary N) is 1. The van der Waals surface area contributed by atoms with Crippen molar-refractivity contribution < 1.29 is 19.4 Å². The minimum absolute atomic E-state index is 0.250. The standard InChI is InChI=1S/C15H16N2O4S/c1-9(2)15-16-7-12(22-15)14(20)17-10-4-3-5-11(6-10)21-8-13(18)19/h3-7,9H,8H2,1-2H3,(H,17,20)(H,18,19). The van der Waals surface area contributed by atoms with Crippen molar-refractivity contribution in [1.82, 2.24) is 4.98 Å². The van der Waals surface area contributed by atoms with E-state index in [-0.39, 0.29) is 11.8 Å². The van der Waals surface area contributed by atoms with Crippen LogP contribution in [0.2, 0.25) is 0 Å². The Morgan fingerprint density at radius 1 is 1.41 bits per heavy atom. The van der Waals surface area contributed by atoms with Crippen LogP contribution in [0.4, 0.5) is 5.69 Å². The number of anilines is 1. The number of aromatic nitrogens is 1. The number of carboxylic acid groups (broad SMARTS) is 1. The van der Waals surface area contributed by atoms with Gasteiger partial charge in [-0.3, -0.25) is 4.79 Å². The van der Waals surface area contributed by atoms with Gasteiger partial charge in [0, 0.05) is 17.7 Å². The molecule has 1 amide bonds. The van der Waals surface area contributed by atoms with E-state index in [0.717, 1.165) is 5.01 Å². The fraction of sp³-hybridized carbons (Fsp3) is 0.267. The van der Waals surface area contributed by atoms with Crippen LogP contribution in [0.15, 0.2) is 30.5 Å². The quantitative estimate of drug-likeness (QED) is 0.854. The van der Waals surface area contributed by atoms with Gasteiger partial charge in [0.2, 0.25) is 0 Å².